The molecule has 1 aromatic rings. The van der Waals surface area contributed by atoms with Gasteiger partial charge in [-0.15, -0.1) is 0 Å². The van der Waals surface area contributed by atoms with Gasteiger partial charge in [-0.05, 0) is 12.8 Å². The van der Waals surface area contributed by atoms with Crippen LogP contribution in [0.25, 0.3) is 0 Å². The van der Waals surface area contributed by atoms with Crippen LogP contribution in [0.4, 0.5) is 0 Å². The van der Waals surface area contributed by atoms with E-state index in [1.807, 2.05) is 6.20 Å². The van der Waals surface area contributed by atoms with Crippen molar-refractivity contribution in [1.82, 2.24) is 9.97 Å². The van der Waals surface area contributed by atoms with E-state index in [1.54, 1.807) is 0 Å². The van der Waals surface area contributed by atoms with Crippen molar-refractivity contribution in [2.45, 2.75) is 123 Å². The van der Waals surface area contributed by atoms with Crippen molar-refractivity contribution >= 4 is 0 Å². The molecule has 0 aromatic carbocycles. The molecule has 1 N–H and O–H groups in total. The molecule has 0 amide bonds. The zero-order chi connectivity index (χ0) is 17.3. The third kappa shape index (κ3) is 11.7. The number of aryl methyl sites for hydroxylation is 2. The molecule has 2 nitrogen and oxygen atoms in total. The molecule has 140 valence electrons. The summed E-state index contributed by atoms with van der Waals surface area (Å²) in [4.78, 5) is 7.84. The number of aromatic amines is 1. The number of H-pyrrole nitrogens is 1. The first kappa shape index (κ1) is 21.3. The van der Waals surface area contributed by atoms with Crippen molar-refractivity contribution in [2.24, 2.45) is 0 Å². The maximum absolute atomic E-state index is 4.43. The lowest BCUT2D eigenvalue weighted by Crippen LogP contribution is -1.89. The van der Waals surface area contributed by atoms with Crippen molar-refractivity contribution < 1.29 is 0 Å². The topological polar surface area (TPSA) is 28.7 Å². The molecule has 1 heterocycles. The summed E-state index contributed by atoms with van der Waals surface area (Å²) in [6.45, 7) is 4.46. The fraction of sp³-hybridized carbons (Fsp3) is 0.864. The summed E-state index contributed by atoms with van der Waals surface area (Å²) < 4.78 is 0. The summed E-state index contributed by atoms with van der Waals surface area (Å²) in [6, 6.07) is 0. The molecule has 0 spiro atoms. The number of hydrogen-bond acceptors (Lipinski definition) is 1. The highest BCUT2D eigenvalue weighted by Crippen LogP contribution is 2.13. The van der Waals surface area contributed by atoms with E-state index in [9.17, 15) is 0 Å². The van der Waals surface area contributed by atoms with Crippen molar-refractivity contribution in [3.8, 4) is 0 Å². The molecule has 0 unspecified atom stereocenters. The van der Waals surface area contributed by atoms with Gasteiger partial charge in [-0.2, -0.15) is 0 Å². The molecule has 0 bridgehead atoms. The van der Waals surface area contributed by atoms with Gasteiger partial charge in [-0.25, -0.2) is 4.98 Å². The Bertz CT molecular complexity index is 370. The zero-order valence-electron chi connectivity index (χ0n) is 16.5. The number of imidazole rings is 1. The van der Waals surface area contributed by atoms with Gasteiger partial charge in [-0.3, -0.25) is 0 Å². The van der Waals surface area contributed by atoms with Crippen LogP contribution in [-0.4, -0.2) is 9.97 Å². The third-order valence-corrected chi connectivity index (χ3v) is 5.08. The van der Waals surface area contributed by atoms with E-state index in [2.05, 4.69) is 23.8 Å². The summed E-state index contributed by atoms with van der Waals surface area (Å²) in [6.07, 6.45) is 25.6. The predicted octanol–water partition coefficient (Wildman–Crippen LogP) is 7.39. The van der Waals surface area contributed by atoms with Crippen LogP contribution >= 0.6 is 0 Å². The Morgan fingerprint density at radius 2 is 1.12 bits per heavy atom. The van der Waals surface area contributed by atoms with Crippen LogP contribution in [0.3, 0.4) is 0 Å². The Morgan fingerprint density at radius 3 is 1.54 bits per heavy atom. The molecule has 0 fully saturated rings. The Balaban J connectivity index is 1.74. The molecule has 0 atom stereocenters. The fourth-order valence-corrected chi connectivity index (χ4v) is 3.38. The average Bonchev–Trinajstić information content (AvgIpc) is 3.06. The van der Waals surface area contributed by atoms with Crippen molar-refractivity contribution in [1.29, 1.82) is 0 Å². The molecule has 1 aromatic heterocycles. The first-order valence-corrected chi connectivity index (χ1v) is 10.9. The minimum Gasteiger partial charge on any atom is -0.346 e. The van der Waals surface area contributed by atoms with Gasteiger partial charge in [0.15, 0.2) is 0 Å². The lowest BCUT2D eigenvalue weighted by atomic mass is 10.0. The highest BCUT2D eigenvalue weighted by Gasteiger charge is 1.99. The minimum atomic E-state index is 1.06. The number of hydrogen-bond donors (Lipinski definition) is 1. The zero-order valence-corrected chi connectivity index (χ0v) is 16.5. The van der Waals surface area contributed by atoms with E-state index < -0.39 is 0 Å². The van der Waals surface area contributed by atoms with Crippen LogP contribution in [0, 0.1) is 0 Å². The Labute approximate surface area is 151 Å². The summed E-state index contributed by atoms with van der Waals surface area (Å²) in [5.74, 6) is 1.18. The second kappa shape index (κ2) is 15.7. The molecule has 0 saturated heterocycles. The van der Waals surface area contributed by atoms with Crippen molar-refractivity contribution in [3.63, 3.8) is 0 Å². The van der Waals surface area contributed by atoms with Crippen molar-refractivity contribution in [2.75, 3.05) is 0 Å². The number of nitrogens with zero attached hydrogens (tertiary/aromatic N) is 1. The van der Waals surface area contributed by atoms with Crippen LogP contribution in [0.2, 0.25) is 0 Å². The average molecular weight is 335 g/mol. The SMILES string of the molecule is CCCCCCCCCCCCCCCCCc1ncc(CC)[nH]1. The lowest BCUT2D eigenvalue weighted by Gasteiger charge is -2.03. The molecule has 1 rings (SSSR count). The highest BCUT2D eigenvalue weighted by molar-refractivity contribution is 5.00. The van der Waals surface area contributed by atoms with Gasteiger partial charge in [0, 0.05) is 18.3 Å². The van der Waals surface area contributed by atoms with Crippen molar-refractivity contribution in [3.05, 3.63) is 17.7 Å². The van der Waals surface area contributed by atoms with Gasteiger partial charge >= 0.3 is 0 Å². The maximum atomic E-state index is 4.43. The molecule has 0 aliphatic carbocycles. The van der Waals surface area contributed by atoms with E-state index in [4.69, 9.17) is 0 Å². The lowest BCUT2D eigenvalue weighted by molar-refractivity contribution is 0.531. The first-order valence-electron chi connectivity index (χ1n) is 10.9. The number of aromatic nitrogens is 2. The maximum Gasteiger partial charge on any atom is 0.106 e. The number of nitrogens with one attached hydrogen (secondary N) is 1. The largest absolute Gasteiger partial charge is 0.346 e. The van der Waals surface area contributed by atoms with Gasteiger partial charge in [0.25, 0.3) is 0 Å². The molecule has 0 aliphatic rings. The smallest absolute Gasteiger partial charge is 0.106 e. The summed E-state index contributed by atoms with van der Waals surface area (Å²) in [7, 11) is 0. The second-order valence-corrected chi connectivity index (χ2v) is 7.41. The van der Waals surface area contributed by atoms with Gasteiger partial charge in [0.1, 0.15) is 5.82 Å². The first-order chi connectivity index (χ1) is 11.9. The van der Waals surface area contributed by atoms with Crippen LogP contribution < -0.4 is 0 Å². The van der Waals surface area contributed by atoms with E-state index in [0.29, 0.717) is 0 Å². The molecule has 0 radical (unpaired) electrons. The quantitative estimate of drug-likeness (QED) is 0.296. The molecule has 0 aliphatic heterocycles. The van der Waals surface area contributed by atoms with Crippen LogP contribution in [-0.2, 0) is 12.8 Å². The monoisotopic (exact) mass is 334 g/mol. The Morgan fingerprint density at radius 1 is 0.667 bits per heavy atom. The molecule has 0 saturated carbocycles. The second-order valence-electron chi connectivity index (χ2n) is 7.41. The fourth-order valence-electron chi connectivity index (χ4n) is 3.38. The summed E-state index contributed by atoms with van der Waals surface area (Å²) in [5, 5.41) is 0. The third-order valence-electron chi connectivity index (χ3n) is 5.08. The van der Waals surface area contributed by atoms with Gasteiger partial charge < -0.3 is 4.98 Å². The van der Waals surface area contributed by atoms with E-state index in [-0.39, 0.29) is 0 Å². The summed E-state index contributed by atoms with van der Waals surface area (Å²) >= 11 is 0. The normalized spacial score (nSPS) is 11.2. The summed E-state index contributed by atoms with van der Waals surface area (Å²) in [5.41, 5.74) is 1.27. The van der Waals surface area contributed by atoms with Crippen LogP contribution in [0.5, 0.6) is 0 Å². The van der Waals surface area contributed by atoms with Gasteiger partial charge in [-0.1, -0.05) is 104 Å². The van der Waals surface area contributed by atoms with E-state index in [0.717, 1.165) is 12.8 Å². The van der Waals surface area contributed by atoms with Crippen LogP contribution in [0.15, 0.2) is 6.20 Å². The Hall–Kier alpha value is -0.790. The van der Waals surface area contributed by atoms with Gasteiger partial charge in [0.2, 0.25) is 0 Å². The standard InChI is InChI=1S/C22H42N2/c1-3-5-6-7-8-9-10-11-12-13-14-15-16-17-18-19-22-23-20-21(4-2)24-22/h20H,3-19H2,1-2H3,(H,23,24). The highest BCUT2D eigenvalue weighted by atomic mass is 14.9. The molecule has 24 heavy (non-hydrogen) atoms. The van der Waals surface area contributed by atoms with E-state index in [1.165, 1.54) is 108 Å². The minimum absolute atomic E-state index is 1.06. The van der Waals surface area contributed by atoms with Crippen LogP contribution in [0.1, 0.15) is 122 Å². The molecule has 2 heteroatoms. The predicted molar refractivity (Wildman–Crippen MR) is 107 cm³/mol. The molecular weight excluding hydrogens is 292 g/mol. The molecular formula is C22H42N2. The van der Waals surface area contributed by atoms with E-state index >= 15 is 0 Å². The number of rotatable bonds is 17. The Kier molecular flexibility index (Phi) is 13.9. The number of unbranched alkanes of at least 4 members (excludes halogenated alkanes) is 14. The van der Waals surface area contributed by atoms with Gasteiger partial charge in [0.05, 0.1) is 0 Å².